The number of esters is 1. The quantitative estimate of drug-likeness (QED) is 0.236. The monoisotopic (exact) mass is 362 g/mol. The summed E-state index contributed by atoms with van der Waals surface area (Å²) < 4.78 is 11.2. The van der Waals surface area contributed by atoms with Gasteiger partial charge in [0.15, 0.2) is 0 Å². The molecular formula is C23H38O3. The Labute approximate surface area is 160 Å². The number of unbranched alkanes of at least 4 members (excludes halogenated alkanes) is 10. The van der Waals surface area contributed by atoms with E-state index in [1.165, 1.54) is 57.8 Å². The van der Waals surface area contributed by atoms with E-state index in [0.717, 1.165) is 19.3 Å². The van der Waals surface area contributed by atoms with E-state index in [1.54, 1.807) is 6.07 Å². The largest absolute Gasteiger partial charge is 0.493 e. The van der Waals surface area contributed by atoms with Gasteiger partial charge in [0.2, 0.25) is 0 Å². The fourth-order valence-electron chi connectivity index (χ4n) is 2.95. The van der Waals surface area contributed by atoms with E-state index in [2.05, 4.69) is 13.8 Å². The molecule has 26 heavy (non-hydrogen) atoms. The molecule has 1 rings (SSSR count). The van der Waals surface area contributed by atoms with Crippen molar-refractivity contribution in [3.05, 3.63) is 29.8 Å². The summed E-state index contributed by atoms with van der Waals surface area (Å²) in [6.45, 7) is 5.57. The Hall–Kier alpha value is -1.51. The van der Waals surface area contributed by atoms with Crippen LogP contribution < -0.4 is 4.74 Å². The van der Waals surface area contributed by atoms with Crippen molar-refractivity contribution in [3.8, 4) is 5.75 Å². The fourth-order valence-corrected chi connectivity index (χ4v) is 2.95. The molecular weight excluding hydrogens is 324 g/mol. The minimum Gasteiger partial charge on any atom is -0.493 e. The van der Waals surface area contributed by atoms with Crippen molar-refractivity contribution >= 4 is 5.97 Å². The number of carbonyl (C=O) groups is 1. The van der Waals surface area contributed by atoms with Crippen LogP contribution in [0.15, 0.2) is 24.3 Å². The van der Waals surface area contributed by atoms with Gasteiger partial charge >= 0.3 is 5.97 Å². The minimum atomic E-state index is -0.270. The molecule has 0 aliphatic heterocycles. The lowest BCUT2D eigenvalue weighted by Crippen LogP contribution is -2.09. The zero-order chi connectivity index (χ0) is 18.9. The maximum Gasteiger partial charge on any atom is 0.341 e. The molecule has 0 radical (unpaired) electrons. The first-order valence-electron chi connectivity index (χ1n) is 10.7. The van der Waals surface area contributed by atoms with E-state index < -0.39 is 0 Å². The van der Waals surface area contributed by atoms with E-state index in [1.807, 2.05) is 18.2 Å². The minimum absolute atomic E-state index is 0.270. The van der Waals surface area contributed by atoms with Gasteiger partial charge in [-0.2, -0.15) is 0 Å². The van der Waals surface area contributed by atoms with Gasteiger partial charge in [0, 0.05) is 0 Å². The summed E-state index contributed by atoms with van der Waals surface area (Å²) in [5, 5.41) is 0. The molecule has 0 saturated carbocycles. The molecule has 1 aromatic rings. The smallest absolute Gasteiger partial charge is 0.341 e. The van der Waals surface area contributed by atoms with Crippen LogP contribution in [0.1, 0.15) is 101 Å². The van der Waals surface area contributed by atoms with Gasteiger partial charge in [-0.3, -0.25) is 0 Å². The van der Waals surface area contributed by atoms with Crippen molar-refractivity contribution in [2.75, 3.05) is 13.2 Å². The van der Waals surface area contributed by atoms with Gasteiger partial charge in [-0.25, -0.2) is 4.79 Å². The van der Waals surface area contributed by atoms with Crippen LogP contribution in [0.4, 0.5) is 0 Å². The molecule has 0 amide bonds. The number of benzene rings is 1. The molecule has 0 aliphatic rings. The van der Waals surface area contributed by atoms with Crippen molar-refractivity contribution in [2.45, 2.75) is 90.9 Å². The fraction of sp³-hybridized carbons (Fsp3) is 0.696. The molecule has 3 nitrogen and oxygen atoms in total. The van der Waals surface area contributed by atoms with Crippen LogP contribution in [0.5, 0.6) is 5.75 Å². The summed E-state index contributed by atoms with van der Waals surface area (Å²) in [5.41, 5.74) is 0.544. The van der Waals surface area contributed by atoms with Gasteiger partial charge in [0.05, 0.1) is 13.2 Å². The second-order valence-corrected chi connectivity index (χ2v) is 7.02. The third-order valence-electron chi connectivity index (χ3n) is 4.59. The highest BCUT2D eigenvalue weighted by Crippen LogP contribution is 2.20. The van der Waals surface area contributed by atoms with Crippen molar-refractivity contribution in [3.63, 3.8) is 0 Å². The van der Waals surface area contributed by atoms with Gasteiger partial charge < -0.3 is 9.47 Å². The van der Waals surface area contributed by atoms with Crippen LogP contribution in [-0.4, -0.2) is 19.2 Å². The maximum atomic E-state index is 12.3. The number of carbonyl (C=O) groups excluding carboxylic acids is 1. The number of rotatable bonds is 16. The predicted octanol–water partition coefficient (Wildman–Crippen LogP) is 6.94. The highest BCUT2D eigenvalue weighted by Gasteiger charge is 2.13. The number of para-hydroxylation sites is 1. The molecule has 1 aromatic carbocycles. The molecule has 0 spiro atoms. The summed E-state index contributed by atoms with van der Waals surface area (Å²) in [4.78, 5) is 12.3. The van der Waals surface area contributed by atoms with Crippen molar-refractivity contribution in [2.24, 2.45) is 0 Å². The zero-order valence-electron chi connectivity index (χ0n) is 16.9. The SMILES string of the molecule is CCCCCCCCCCOc1ccccc1C(=O)OCCCCCC. The van der Waals surface area contributed by atoms with Gasteiger partial charge in [-0.1, -0.05) is 90.2 Å². The summed E-state index contributed by atoms with van der Waals surface area (Å²) in [7, 11) is 0. The lowest BCUT2D eigenvalue weighted by Gasteiger charge is -2.11. The van der Waals surface area contributed by atoms with E-state index in [0.29, 0.717) is 24.5 Å². The lowest BCUT2D eigenvalue weighted by atomic mass is 10.1. The first-order valence-corrected chi connectivity index (χ1v) is 10.7. The molecule has 0 heterocycles. The Balaban J connectivity index is 2.23. The van der Waals surface area contributed by atoms with Crippen LogP contribution >= 0.6 is 0 Å². The lowest BCUT2D eigenvalue weighted by molar-refractivity contribution is 0.0493. The molecule has 0 atom stereocenters. The second kappa shape index (κ2) is 15.7. The Morgan fingerprint density at radius 3 is 1.96 bits per heavy atom. The van der Waals surface area contributed by atoms with E-state index in [-0.39, 0.29) is 5.97 Å². The van der Waals surface area contributed by atoms with Crippen molar-refractivity contribution in [1.82, 2.24) is 0 Å². The molecule has 0 unspecified atom stereocenters. The molecule has 0 aromatic heterocycles. The van der Waals surface area contributed by atoms with Crippen molar-refractivity contribution < 1.29 is 14.3 Å². The van der Waals surface area contributed by atoms with Crippen LogP contribution in [0, 0.1) is 0 Å². The Kier molecular flexibility index (Phi) is 13.6. The zero-order valence-corrected chi connectivity index (χ0v) is 16.9. The van der Waals surface area contributed by atoms with Gasteiger partial charge in [0.1, 0.15) is 11.3 Å². The van der Waals surface area contributed by atoms with Crippen LogP contribution in [-0.2, 0) is 4.74 Å². The third kappa shape index (κ3) is 10.5. The highest BCUT2D eigenvalue weighted by molar-refractivity contribution is 5.92. The summed E-state index contributed by atoms with van der Waals surface area (Å²) >= 11 is 0. The Bertz CT molecular complexity index is 470. The third-order valence-corrected chi connectivity index (χ3v) is 4.59. The van der Waals surface area contributed by atoms with Crippen LogP contribution in [0.25, 0.3) is 0 Å². The molecule has 148 valence electrons. The Morgan fingerprint density at radius 1 is 0.731 bits per heavy atom. The molecule has 0 N–H and O–H groups in total. The summed E-state index contributed by atoms with van der Waals surface area (Å²) in [6.07, 6.45) is 14.6. The number of ether oxygens (including phenoxy) is 2. The number of hydrogen-bond acceptors (Lipinski definition) is 3. The second-order valence-electron chi connectivity index (χ2n) is 7.02. The first-order chi connectivity index (χ1) is 12.8. The molecule has 0 saturated heterocycles. The summed E-state index contributed by atoms with van der Waals surface area (Å²) in [6, 6.07) is 7.41. The highest BCUT2D eigenvalue weighted by atomic mass is 16.5. The predicted molar refractivity (Wildman–Crippen MR) is 109 cm³/mol. The average molecular weight is 363 g/mol. The molecule has 0 fully saturated rings. The normalized spacial score (nSPS) is 10.7. The Morgan fingerprint density at radius 2 is 1.27 bits per heavy atom. The first kappa shape index (κ1) is 22.5. The van der Waals surface area contributed by atoms with Gasteiger partial charge in [0.25, 0.3) is 0 Å². The van der Waals surface area contributed by atoms with Crippen molar-refractivity contribution in [1.29, 1.82) is 0 Å². The standard InChI is InChI=1S/C23H38O3/c1-3-5-7-9-10-11-12-16-19-25-22-18-14-13-17-21(22)23(24)26-20-15-8-6-4-2/h13-14,17-18H,3-12,15-16,19-20H2,1-2H3. The van der Waals surface area contributed by atoms with E-state index in [4.69, 9.17) is 9.47 Å². The number of hydrogen-bond donors (Lipinski definition) is 0. The average Bonchev–Trinajstić information content (AvgIpc) is 2.66. The molecule has 0 aliphatic carbocycles. The van der Waals surface area contributed by atoms with Crippen LogP contribution in [0.3, 0.4) is 0 Å². The topological polar surface area (TPSA) is 35.5 Å². The van der Waals surface area contributed by atoms with Gasteiger partial charge in [-0.05, 0) is 25.0 Å². The molecule has 0 bridgehead atoms. The maximum absolute atomic E-state index is 12.3. The van der Waals surface area contributed by atoms with Gasteiger partial charge in [-0.15, -0.1) is 0 Å². The molecule has 3 heteroatoms. The van der Waals surface area contributed by atoms with E-state index in [9.17, 15) is 4.79 Å². The van der Waals surface area contributed by atoms with Crippen LogP contribution in [0.2, 0.25) is 0 Å². The van der Waals surface area contributed by atoms with E-state index >= 15 is 0 Å². The summed E-state index contributed by atoms with van der Waals surface area (Å²) in [5.74, 6) is 0.377.